The molecule has 0 saturated carbocycles. The summed E-state index contributed by atoms with van der Waals surface area (Å²) < 4.78 is 30.4. The zero-order chi connectivity index (χ0) is 19.8. The van der Waals surface area contributed by atoms with Gasteiger partial charge in [-0.1, -0.05) is 6.42 Å². The van der Waals surface area contributed by atoms with Crippen molar-refractivity contribution in [1.82, 2.24) is 28.4 Å². The lowest BCUT2D eigenvalue weighted by molar-refractivity contribution is 0.238. The molecule has 9 heteroatoms. The maximum absolute atomic E-state index is 12.8. The van der Waals surface area contributed by atoms with E-state index >= 15 is 0 Å². The molecule has 0 N–H and O–H groups in total. The van der Waals surface area contributed by atoms with Crippen LogP contribution < -0.4 is 0 Å². The molecule has 0 spiro atoms. The van der Waals surface area contributed by atoms with Crippen molar-refractivity contribution < 1.29 is 8.42 Å². The molecule has 1 fully saturated rings. The van der Waals surface area contributed by atoms with Gasteiger partial charge in [0.05, 0.1) is 23.1 Å². The number of hydrogen-bond donors (Lipinski definition) is 0. The first-order chi connectivity index (χ1) is 12.7. The van der Waals surface area contributed by atoms with Gasteiger partial charge in [0, 0.05) is 32.9 Å². The average Bonchev–Trinajstić information content (AvgIpc) is 3.11. The van der Waals surface area contributed by atoms with Gasteiger partial charge in [0.25, 0.3) is 10.2 Å². The van der Waals surface area contributed by atoms with Crippen LogP contribution in [-0.2, 0) is 10.2 Å². The number of aryl methyl sites for hydroxylation is 1. The Hall–Kier alpha value is -1.84. The molecule has 0 radical (unpaired) electrons. The van der Waals surface area contributed by atoms with E-state index in [9.17, 15) is 8.42 Å². The first kappa shape index (κ1) is 19.9. The summed E-state index contributed by atoms with van der Waals surface area (Å²) in [4.78, 5) is 9.19. The van der Waals surface area contributed by atoms with Crippen molar-refractivity contribution in [3.63, 3.8) is 0 Å². The Morgan fingerprint density at radius 3 is 2.63 bits per heavy atom. The number of rotatable bonds is 5. The second kappa shape index (κ2) is 7.65. The maximum Gasteiger partial charge on any atom is 0.282 e. The third-order valence-corrected chi connectivity index (χ3v) is 6.79. The minimum Gasteiger partial charge on any atom is -0.261 e. The molecule has 27 heavy (non-hydrogen) atoms. The van der Waals surface area contributed by atoms with E-state index in [1.165, 1.54) is 4.31 Å². The van der Waals surface area contributed by atoms with Crippen molar-refractivity contribution in [3.8, 4) is 11.4 Å². The van der Waals surface area contributed by atoms with Gasteiger partial charge in [-0.25, -0.2) is 9.97 Å². The second-order valence-electron chi connectivity index (χ2n) is 7.39. The highest BCUT2D eigenvalue weighted by molar-refractivity contribution is 7.86. The van der Waals surface area contributed by atoms with Gasteiger partial charge >= 0.3 is 0 Å². The molecule has 0 amide bonds. The van der Waals surface area contributed by atoms with Crippen LogP contribution in [0.25, 0.3) is 11.4 Å². The van der Waals surface area contributed by atoms with E-state index < -0.39 is 10.2 Å². The number of aromatic nitrogens is 4. The predicted octanol–water partition coefficient (Wildman–Crippen LogP) is 2.56. The van der Waals surface area contributed by atoms with Crippen LogP contribution in [0.5, 0.6) is 0 Å². The lowest BCUT2D eigenvalue weighted by atomic mass is 10.0. The topological polar surface area (TPSA) is 84.2 Å². The number of hydrogen-bond acceptors (Lipinski definition) is 5. The van der Waals surface area contributed by atoms with Gasteiger partial charge in [0.2, 0.25) is 0 Å². The van der Waals surface area contributed by atoms with E-state index in [1.54, 1.807) is 24.6 Å². The fraction of sp³-hybridized carbons (Fsp3) is 0.611. The highest BCUT2D eigenvalue weighted by Crippen LogP contribution is 2.34. The van der Waals surface area contributed by atoms with Crippen LogP contribution in [0, 0.1) is 6.92 Å². The molecule has 1 atom stereocenters. The van der Waals surface area contributed by atoms with Crippen molar-refractivity contribution in [3.05, 3.63) is 29.8 Å². The van der Waals surface area contributed by atoms with Crippen LogP contribution in [0.15, 0.2) is 18.3 Å². The Morgan fingerprint density at radius 1 is 1.22 bits per heavy atom. The first-order valence-corrected chi connectivity index (χ1v) is 10.7. The summed E-state index contributed by atoms with van der Waals surface area (Å²) in [7, 11) is -0.373. The minimum atomic E-state index is -3.51. The van der Waals surface area contributed by atoms with E-state index in [-0.39, 0.29) is 12.1 Å². The summed E-state index contributed by atoms with van der Waals surface area (Å²) >= 11 is 0. The molecule has 0 bridgehead atoms. The van der Waals surface area contributed by atoms with Gasteiger partial charge in [-0.3, -0.25) is 4.68 Å². The molecular weight excluding hydrogens is 364 g/mol. The highest BCUT2D eigenvalue weighted by Gasteiger charge is 2.35. The van der Waals surface area contributed by atoms with Gasteiger partial charge < -0.3 is 0 Å². The zero-order valence-corrected chi connectivity index (χ0v) is 17.4. The van der Waals surface area contributed by atoms with E-state index in [0.29, 0.717) is 12.4 Å². The third kappa shape index (κ3) is 3.90. The SMILES string of the molecule is Cc1nc(-c2ccnn2C(C)C)cc([C@H]2CCCCN2S(=O)(=O)N(C)C)n1. The van der Waals surface area contributed by atoms with Crippen molar-refractivity contribution >= 4 is 10.2 Å². The average molecular weight is 393 g/mol. The lowest BCUT2D eigenvalue weighted by Crippen LogP contribution is -2.44. The lowest BCUT2D eigenvalue weighted by Gasteiger charge is -2.36. The molecule has 1 aliphatic rings. The predicted molar refractivity (Wildman–Crippen MR) is 104 cm³/mol. The maximum atomic E-state index is 12.8. The molecule has 2 aromatic rings. The quantitative estimate of drug-likeness (QED) is 0.781. The molecule has 1 saturated heterocycles. The van der Waals surface area contributed by atoms with Crippen LogP contribution in [0.1, 0.15) is 56.7 Å². The number of nitrogens with zero attached hydrogens (tertiary/aromatic N) is 6. The van der Waals surface area contributed by atoms with Crippen LogP contribution >= 0.6 is 0 Å². The summed E-state index contributed by atoms with van der Waals surface area (Å²) in [6, 6.07) is 3.77. The Kier molecular flexibility index (Phi) is 5.64. The standard InChI is InChI=1S/C18H28N6O2S/c1-13(2)24-18(9-10-19-24)16-12-15(20-14(3)21-16)17-8-6-7-11-23(17)27(25,26)22(4)5/h9-10,12-13,17H,6-8,11H2,1-5H3/t17-/m1/s1. The van der Waals surface area contributed by atoms with Crippen LogP contribution in [0.4, 0.5) is 0 Å². The van der Waals surface area contributed by atoms with Gasteiger partial charge in [0.15, 0.2) is 0 Å². The molecule has 2 aromatic heterocycles. The van der Waals surface area contributed by atoms with E-state index in [4.69, 9.17) is 0 Å². The molecule has 148 valence electrons. The number of piperidine rings is 1. The summed E-state index contributed by atoms with van der Waals surface area (Å²) in [6.45, 7) is 6.49. The summed E-state index contributed by atoms with van der Waals surface area (Å²) in [6.07, 6.45) is 4.36. The molecular formula is C18H28N6O2S. The van der Waals surface area contributed by atoms with Crippen molar-refractivity contribution in [2.24, 2.45) is 0 Å². The Labute approximate surface area is 161 Å². The molecule has 1 aliphatic heterocycles. The van der Waals surface area contributed by atoms with Crippen molar-refractivity contribution in [1.29, 1.82) is 0 Å². The van der Waals surface area contributed by atoms with E-state index in [2.05, 4.69) is 28.9 Å². The summed E-state index contributed by atoms with van der Waals surface area (Å²) in [5.74, 6) is 0.631. The Bertz CT molecular complexity index is 906. The summed E-state index contributed by atoms with van der Waals surface area (Å²) in [5, 5.41) is 4.38. The third-order valence-electron chi connectivity index (χ3n) is 4.83. The van der Waals surface area contributed by atoms with Gasteiger partial charge in [-0.05, 0) is 45.7 Å². The first-order valence-electron chi connectivity index (χ1n) is 9.30. The van der Waals surface area contributed by atoms with E-state index in [1.807, 2.05) is 23.7 Å². The molecule has 0 aromatic carbocycles. The van der Waals surface area contributed by atoms with E-state index in [0.717, 1.165) is 36.3 Å². The van der Waals surface area contributed by atoms with Crippen molar-refractivity contribution in [2.75, 3.05) is 20.6 Å². The van der Waals surface area contributed by atoms with Gasteiger partial charge in [0.1, 0.15) is 5.82 Å². The minimum absolute atomic E-state index is 0.203. The fourth-order valence-corrected chi connectivity index (χ4v) is 4.82. The molecule has 3 heterocycles. The van der Waals surface area contributed by atoms with Gasteiger partial charge in [-0.2, -0.15) is 22.1 Å². The smallest absolute Gasteiger partial charge is 0.261 e. The normalized spacial score (nSPS) is 19.1. The molecule has 3 rings (SSSR count). The molecule has 0 aliphatic carbocycles. The van der Waals surface area contributed by atoms with Crippen molar-refractivity contribution in [2.45, 2.75) is 52.1 Å². The fourth-order valence-electron chi connectivity index (χ4n) is 3.51. The zero-order valence-electron chi connectivity index (χ0n) is 16.6. The monoisotopic (exact) mass is 392 g/mol. The second-order valence-corrected chi connectivity index (χ2v) is 9.49. The molecule has 8 nitrogen and oxygen atoms in total. The Morgan fingerprint density at radius 2 is 1.96 bits per heavy atom. The van der Waals surface area contributed by atoms with Crippen LogP contribution in [-0.4, -0.2) is 57.4 Å². The largest absolute Gasteiger partial charge is 0.282 e. The molecule has 0 unspecified atom stereocenters. The van der Waals surface area contributed by atoms with Gasteiger partial charge in [-0.15, -0.1) is 0 Å². The Balaban J connectivity index is 2.06. The summed E-state index contributed by atoms with van der Waals surface area (Å²) in [5.41, 5.74) is 2.44. The van der Waals surface area contributed by atoms with Crippen LogP contribution in [0.2, 0.25) is 0 Å². The van der Waals surface area contributed by atoms with Crippen LogP contribution in [0.3, 0.4) is 0 Å². The highest BCUT2D eigenvalue weighted by atomic mass is 32.2.